The van der Waals surface area contributed by atoms with Crippen LogP contribution in [-0.2, 0) is 16.9 Å². The summed E-state index contributed by atoms with van der Waals surface area (Å²) < 4.78 is 13.0. The average Bonchev–Trinajstić information content (AvgIpc) is 3.22. The van der Waals surface area contributed by atoms with Crippen molar-refractivity contribution >= 4 is 17.7 Å². The Kier molecular flexibility index (Phi) is 6.36. The molecule has 4 rings (SSSR count). The number of ether oxygens (including phenoxy) is 2. The maximum absolute atomic E-state index is 5.52. The van der Waals surface area contributed by atoms with E-state index in [0.717, 1.165) is 61.0 Å². The van der Waals surface area contributed by atoms with Gasteiger partial charge in [0, 0.05) is 18.8 Å². The Bertz CT molecular complexity index is 936. The van der Waals surface area contributed by atoms with E-state index in [1.807, 2.05) is 12.1 Å². The molecule has 0 bridgehead atoms. The van der Waals surface area contributed by atoms with Gasteiger partial charge in [-0.2, -0.15) is 0 Å². The zero-order valence-corrected chi connectivity index (χ0v) is 17.7. The summed E-state index contributed by atoms with van der Waals surface area (Å²) in [6.07, 6.45) is 0.997. The predicted octanol–water partition coefficient (Wildman–Crippen LogP) is 3.97. The first-order valence-electron chi connectivity index (χ1n) is 9.91. The van der Waals surface area contributed by atoms with E-state index in [4.69, 9.17) is 9.47 Å². The van der Waals surface area contributed by atoms with Gasteiger partial charge >= 0.3 is 0 Å². The number of aryl methyl sites for hydroxylation is 1. The summed E-state index contributed by atoms with van der Waals surface area (Å²) in [5.41, 5.74) is 3.63. The van der Waals surface area contributed by atoms with Crippen molar-refractivity contribution in [3.8, 4) is 11.4 Å². The number of methoxy groups -OCH3 is 1. The van der Waals surface area contributed by atoms with Gasteiger partial charge in [0.15, 0.2) is 5.16 Å². The van der Waals surface area contributed by atoms with Gasteiger partial charge in [0.25, 0.3) is 0 Å². The Labute approximate surface area is 175 Å². The Morgan fingerprint density at radius 1 is 1.03 bits per heavy atom. The van der Waals surface area contributed by atoms with Crippen LogP contribution in [0.5, 0.6) is 5.75 Å². The molecule has 1 aliphatic rings. The van der Waals surface area contributed by atoms with E-state index in [-0.39, 0.29) is 0 Å². The Morgan fingerprint density at radius 3 is 2.55 bits per heavy atom. The lowest BCUT2D eigenvalue weighted by Crippen LogP contribution is -2.37. The molecule has 0 spiro atoms. The molecule has 2 aromatic carbocycles. The third-order valence-electron chi connectivity index (χ3n) is 5.01. The molecule has 7 heteroatoms. The van der Waals surface area contributed by atoms with Crippen molar-refractivity contribution in [2.75, 3.05) is 38.3 Å². The second-order valence-electron chi connectivity index (χ2n) is 6.88. The van der Waals surface area contributed by atoms with Crippen molar-refractivity contribution < 1.29 is 9.47 Å². The van der Waals surface area contributed by atoms with Crippen molar-refractivity contribution in [1.29, 1.82) is 0 Å². The summed E-state index contributed by atoms with van der Waals surface area (Å²) in [7, 11) is 1.68. The highest BCUT2D eigenvalue weighted by Crippen LogP contribution is 2.30. The smallest absolute Gasteiger partial charge is 0.232 e. The minimum atomic E-state index is 0.718. The molecule has 0 atom stereocenters. The highest BCUT2D eigenvalue weighted by molar-refractivity contribution is 7.98. The van der Waals surface area contributed by atoms with Gasteiger partial charge in [-0.15, -0.1) is 10.2 Å². The molecule has 0 radical (unpaired) electrons. The minimum Gasteiger partial charge on any atom is -0.497 e. The summed E-state index contributed by atoms with van der Waals surface area (Å²) in [5.74, 6) is 2.57. The van der Waals surface area contributed by atoms with E-state index in [1.165, 1.54) is 11.1 Å². The van der Waals surface area contributed by atoms with Gasteiger partial charge in [0.05, 0.1) is 26.0 Å². The summed E-state index contributed by atoms with van der Waals surface area (Å²) in [6, 6.07) is 16.8. The van der Waals surface area contributed by atoms with E-state index in [9.17, 15) is 0 Å². The number of anilines is 1. The number of morpholine rings is 1. The van der Waals surface area contributed by atoms with Gasteiger partial charge in [-0.05, 0) is 41.8 Å². The fourth-order valence-corrected chi connectivity index (χ4v) is 4.24. The van der Waals surface area contributed by atoms with Crippen LogP contribution in [0.3, 0.4) is 0 Å². The lowest BCUT2D eigenvalue weighted by atomic mass is 10.1. The van der Waals surface area contributed by atoms with Crippen LogP contribution in [0.4, 0.5) is 5.95 Å². The SMILES string of the molecule is CCc1cccc(-n2c(SCc3ccc(OC)cc3)nnc2N2CCOCC2)c1. The third kappa shape index (κ3) is 4.57. The first kappa shape index (κ1) is 19.8. The van der Waals surface area contributed by atoms with Crippen LogP contribution in [0, 0.1) is 0 Å². The lowest BCUT2D eigenvalue weighted by Gasteiger charge is -2.28. The Hall–Kier alpha value is -2.51. The fourth-order valence-electron chi connectivity index (χ4n) is 3.33. The molecule has 0 amide bonds. The molecule has 1 fully saturated rings. The molecule has 0 N–H and O–H groups in total. The predicted molar refractivity (Wildman–Crippen MR) is 116 cm³/mol. The van der Waals surface area contributed by atoms with Crippen LogP contribution in [-0.4, -0.2) is 48.2 Å². The van der Waals surface area contributed by atoms with Gasteiger partial charge < -0.3 is 14.4 Å². The second-order valence-corrected chi connectivity index (χ2v) is 7.82. The number of rotatable bonds is 7. The molecule has 29 heavy (non-hydrogen) atoms. The quantitative estimate of drug-likeness (QED) is 0.550. The zero-order chi connectivity index (χ0) is 20.1. The number of thioether (sulfide) groups is 1. The second kappa shape index (κ2) is 9.33. The van der Waals surface area contributed by atoms with Crippen LogP contribution in [0.15, 0.2) is 53.7 Å². The van der Waals surface area contributed by atoms with E-state index in [0.29, 0.717) is 0 Å². The molecular weight excluding hydrogens is 384 g/mol. The lowest BCUT2D eigenvalue weighted by molar-refractivity contribution is 0.122. The number of nitrogens with zero attached hydrogens (tertiary/aromatic N) is 4. The standard InChI is InChI=1S/C22H26N4O2S/c1-3-17-5-4-6-19(15-17)26-21(25-11-13-28-14-12-25)23-24-22(26)29-16-18-7-9-20(27-2)10-8-18/h4-10,15H,3,11-14,16H2,1-2H3. The van der Waals surface area contributed by atoms with Gasteiger partial charge in [-0.3, -0.25) is 4.57 Å². The van der Waals surface area contributed by atoms with Gasteiger partial charge in [-0.25, -0.2) is 0 Å². The first-order chi connectivity index (χ1) is 14.3. The van der Waals surface area contributed by atoms with Gasteiger partial charge in [0.1, 0.15) is 5.75 Å². The third-order valence-corrected chi connectivity index (χ3v) is 6.01. The summed E-state index contributed by atoms with van der Waals surface area (Å²) in [6.45, 7) is 5.27. The number of hydrogen-bond acceptors (Lipinski definition) is 6. The van der Waals surface area contributed by atoms with Gasteiger partial charge in [-0.1, -0.05) is 43.0 Å². The molecule has 152 valence electrons. The maximum Gasteiger partial charge on any atom is 0.232 e. The van der Waals surface area contributed by atoms with Gasteiger partial charge in [0.2, 0.25) is 5.95 Å². The van der Waals surface area contributed by atoms with Crippen LogP contribution >= 0.6 is 11.8 Å². The Balaban J connectivity index is 1.64. The molecule has 0 unspecified atom stereocenters. The molecule has 0 saturated carbocycles. The van der Waals surface area contributed by atoms with E-state index in [2.05, 4.69) is 63.0 Å². The topological polar surface area (TPSA) is 52.4 Å². The monoisotopic (exact) mass is 410 g/mol. The summed E-state index contributed by atoms with van der Waals surface area (Å²) >= 11 is 1.70. The van der Waals surface area contributed by atoms with E-state index >= 15 is 0 Å². The molecule has 1 saturated heterocycles. The van der Waals surface area contributed by atoms with Crippen molar-refractivity contribution in [3.05, 3.63) is 59.7 Å². The normalized spacial score (nSPS) is 14.2. The molecule has 2 heterocycles. The van der Waals surface area contributed by atoms with E-state index < -0.39 is 0 Å². The van der Waals surface area contributed by atoms with E-state index in [1.54, 1.807) is 18.9 Å². The van der Waals surface area contributed by atoms with Crippen LogP contribution < -0.4 is 9.64 Å². The molecule has 3 aromatic rings. The fraction of sp³-hybridized carbons (Fsp3) is 0.364. The minimum absolute atomic E-state index is 0.718. The first-order valence-corrected chi connectivity index (χ1v) is 10.9. The highest BCUT2D eigenvalue weighted by atomic mass is 32.2. The number of aromatic nitrogens is 3. The maximum atomic E-state index is 5.52. The molecule has 0 aliphatic carbocycles. The summed E-state index contributed by atoms with van der Waals surface area (Å²) in [5, 5.41) is 9.99. The van der Waals surface area contributed by atoms with Crippen molar-refractivity contribution in [1.82, 2.24) is 14.8 Å². The van der Waals surface area contributed by atoms with Crippen molar-refractivity contribution in [2.45, 2.75) is 24.3 Å². The molecule has 1 aliphatic heterocycles. The number of benzene rings is 2. The molecule has 6 nitrogen and oxygen atoms in total. The van der Waals surface area contributed by atoms with Crippen LogP contribution in [0.2, 0.25) is 0 Å². The highest BCUT2D eigenvalue weighted by Gasteiger charge is 2.22. The van der Waals surface area contributed by atoms with Crippen LogP contribution in [0.1, 0.15) is 18.1 Å². The number of hydrogen-bond donors (Lipinski definition) is 0. The summed E-state index contributed by atoms with van der Waals surface area (Å²) in [4.78, 5) is 2.26. The zero-order valence-electron chi connectivity index (χ0n) is 16.9. The van der Waals surface area contributed by atoms with Crippen molar-refractivity contribution in [3.63, 3.8) is 0 Å². The largest absolute Gasteiger partial charge is 0.497 e. The average molecular weight is 411 g/mol. The van der Waals surface area contributed by atoms with Crippen LogP contribution in [0.25, 0.3) is 5.69 Å². The molecular formula is C22H26N4O2S. The molecule has 1 aromatic heterocycles. The Morgan fingerprint density at radius 2 is 1.83 bits per heavy atom. The van der Waals surface area contributed by atoms with Crippen molar-refractivity contribution in [2.24, 2.45) is 0 Å².